The lowest BCUT2D eigenvalue weighted by atomic mass is 10.0. The second kappa shape index (κ2) is 6.57. The summed E-state index contributed by atoms with van der Waals surface area (Å²) < 4.78 is 0. The Morgan fingerprint density at radius 2 is 2.00 bits per heavy atom. The van der Waals surface area contributed by atoms with Gasteiger partial charge in [-0.1, -0.05) is 50.1 Å². The zero-order valence-corrected chi connectivity index (χ0v) is 8.99. The highest BCUT2D eigenvalue weighted by Gasteiger charge is 2.08. The molecule has 0 aliphatic rings. The summed E-state index contributed by atoms with van der Waals surface area (Å²) in [4.78, 5) is 5.01. The number of nitrogens with one attached hydrogen (secondary N) is 1. The number of hydroxylamine groups is 1. The van der Waals surface area contributed by atoms with E-state index in [-0.39, 0.29) is 0 Å². The van der Waals surface area contributed by atoms with Gasteiger partial charge in [0.1, 0.15) is 0 Å². The van der Waals surface area contributed by atoms with Crippen molar-refractivity contribution in [2.75, 3.05) is 7.11 Å². The van der Waals surface area contributed by atoms with Crippen molar-refractivity contribution in [3.05, 3.63) is 35.9 Å². The van der Waals surface area contributed by atoms with Crippen LogP contribution in [0.2, 0.25) is 0 Å². The first-order chi connectivity index (χ1) is 6.88. The molecule has 2 heteroatoms. The first-order valence-corrected chi connectivity index (χ1v) is 5.22. The van der Waals surface area contributed by atoms with Crippen LogP contribution in [0.4, 0.5) is 0 Å². The van der Waals surface area contributed by atoms with Crippen LogP contribution >= 0.6 is 0 Å². The Morgan fingerprint density at radius 1 is 1.29 bits per heavy atom. The molecule has 1 atom stereocenters. The summed E-state index contributed by atoms with van der Waals surface area (Å²) in [5, 5.41) is 0. The molecule has 1 aromatic carbocycles. The van der Waals surface area contributed by atoms with E-state index in [0.717, 1.165) is 6.42 Å². The second-order valence-corrected chi connectivity index (χ2v) is 3.43. The van der Waals surface area contributed by atoms with Gasteiger partial charge in [0.15, 0.2) is 0 Å². The molecule has 2 nitrogen and oxygen atoms in total. The number of rotatable bonds is 6. The van der Waals surface area contributed by atoms with Crippen molar-refractivity contribution in [2.24, 2.45) is 0 Å². The Kier molecular flexibility index (Phi) is 5.27. The van der Waals surface area contributed by atoms with Gasteiger partial charge in [-0.3, -0.25) is 0 Å². The van der Waals surface area contributed by atoms with Gasteiger partial charge in [-0.25, -0.2) is 0 Å². The van der Waals surface area contributed by atoms with E-state index >= 15 is 0 Å². The largest absolute Gasteiger partial charge is 0.305 e. The van der Waals surface area contributed by atoms with Gasteiger partial charge in [0.2, 0.25) is 0 Å². The average molecular weight is 193 g/mol. The molecule has 0 fully saturated rings. The molecule has 1 unspecified atom stereocenters. The van der Waals surface area contributed by atoms with Crippen molar-refractivity contribution < 1.29 is 4.84 Å². The summed E-state index contributed by atoms with van der Waals surface area (Å²) in [5.74, 6) is 0. The van der Waals surface area contributed by atoms with Gasteiger partial charge in [-0.2, -0.15) is 5.48 Å². The van der Waals surface area contributed by atoms with E-state index in [0.29, 0.717) is 6.04 Å². The van der Waals surface area contributed by atoms with Crippen molar-refractivity contribution in [3.8, 4) is 0 Å². The van der Waals surface area contributed by atoms with Gasteiger partial charge >= 0.3 is 0 Å². The fourth-order valence-electron chi connectivity index (χ4n) is 1.53. The van der Waals surface area contributed by atoms with E-state index in [4.69, 9.17) is 4.84 Å². The summed E-state index contributed by atoms with van der Waals surface area (Å²) in [7, 11) is 1.67. The van der Waals surface area contributed by atoms with E-state index in [1.807, 2.05) is 6.07 Å². The molecule has 14 heavy (non-hydrogen) atoms. The zero-order valence-electron chi connectivity index (χ0n) is 8.99. The van der Waals surface area contributed by atoms with Gasteiger partial charge < -0.3 is 4.84 Å². The fraction of sp³-hybridized carbons (Fsp3) is 0.500. The van der Waals surface area contributed by atoms with Crippen LogP contribution in [0.3, 0.4) is 0 Å². The highest BCUT2D eigenvalue weighted by Crippen LogP contribution is 2.18. The van der Waals surface area contributed by atoms with Crippen LogP contribution in [0.5, 0.6) is 0 Å². The number of hydrogen-bond acceptors (Lipinski definition) is 2. The number of hydrogen-bond donors (Lipinski definition) is 1. The van der Waals surface area contributed by atoms with Gasteiger partial charge in [-0.15, -0.1) is 0 Å². The quantitative estimate of drug-likeness (QED) is 0.701. The maximum atomic E-state index is 5.01. The summed E-state index contributed by atoms with van der Waals surface area (Å²) in [6.45, 7) is 2.20. The smallest absolute Gasteiger partial charge is 0.0572 e. The Bertz CT molecular complexity index is 235. The third-order valence-electron chi connectivity index (χ3n) is 2.31. The van der Waals surface area contributed by atoms with Crippen LogP contribution < -0.4 is 5.48 Å². The van der Waals surface area contributed by atoms with Crippen molar-refractivity contribution in [1.29, 1.82) is 0 Å². The van der Waals surface area contributed by atoms with Crippen LogP contribution in [0.15, 0.2) is 30.3 Å². The van der Waals surface area contributed by atoms with E-state index in [2.05, 4.69) is 36.7 Å². The Morgan fingerprint density at radius 3 is 2.57 bits per heavy atom. The standard InChI is InChI=1S/C12H19NO/c1-3-4-10-12(13-14-2)11-8-6-5-7-9-11/h5-9,12-13H,3-4,10H2,1-2H3. The molecule has 0 heterocycles. The minimum absolute atomic E-state index is 0.321. The molecule has 0 saturated heterocycles. The van der Waals surface area contributed by atoms with Crippen molar-refractivity contribution in [1.82, 2.24) is 5.48 Å². The maximum absolute atomic E-state index is 5.01. The minimum atomic E-state index is 0.321. The first-order valence-electron chi connectivity index (χ1n) is 5.22. The highest BCUT2D eigenvalue weighted by atomic mass is 16.6. The third kappa shape index (κ3) is 3.48. The Balaban J connectivity index is 2.58. The summed E-state index contributed by atoms with van der Waals surface area (Å²) in [6, 6.07) is 10.7. The van der Waals surface area contributed by atoms with Crippen molar-refractivity contribution >= 4 is 0 Å². The lowest BCUT2D eigenvalue weighted by Gasteiger charge is -2.17. The second-order valence-electron chi connectivity index (χ2n) is 3.43. The van der Waals surface area contributed by atoms with Gasteiger partial charge in [0.05, 0.1) is 13.2 Å². The summed E-state index contributed by atoms with van der Waals surface area (Å²) >= 11 is 0. The van der Waals surface area contributed by atoms with Crippen molar-refractivity contribution in [3.63, 3.8) is 0 Å². The average Bonchev–Trinajstić information content (AvgIpc) is 2.25. The summed E-state index contributed by atoms with van der Waals surface area (Å²) in [6.07, 6.45) is 3.55. The fourth-order valence-corrected chi connectivity index (χ4v) is 1.53. The van der Waals surface area contributed by atoms with Crippen molar-refractivity contribution in [2.45, 2.75) is 32.2 Å². The minimum Gasteiger partial charge on any atom is -0.305 e. The molecule has 0 amide bonds. The molecule has 0 aliphatic heterocycles. The molecular weight excluding hydrogens is 174 g/mol. The third-order valence-corrected chi connectivity index (χ3v) is 2.31. The van der Waals surface area contributed by atoms with E-state index < -0.39 is 0 Å². The van der Waals surface area contributed by atoms with Gasteiger partial charge in [0.25, 0.3) is 0 Å². The molecule has 1 N–H and O–H groups in total. The molecule has 0 aromatic heterocycles. The molecule has 1 aromatic rings. The van der Waals surface area contributed by atoms with E-state index in [1.165, 1.54) is 18.4 Å². The lowest BCUT2D eigenvalue weighted by Crippen LogP contribution is -2.19. The SMILES string of the molecule is CCCCC(NOC)c1ccccc1. The van der Waals surface area contributed by atoms with E-state index in [9.17, 15) is 0 Å². The van der Waals surface area contributed by atoms with Crippen LogP contribution in [0.25, 0.3) is 0 Å². The van der Waals surface area contributed by atoms with Crippen LogP contribution in [-0.2, 0) is 4.84 Å². The molecule has 1 rings (SSSR count). The molecular formula is C12H19NO. The Hall–Kier alpha value is -0.860. The lowest BCUT2D eigenvalue weighted by molar-refractivity contribution is 0.0571. The van der Waals surface area contributed by atoms with Crippen LogP contribution in [0.1, 0.15) is 37.8 Å². The molecule has 0 spiro atoms. The molecule has 0 radical (unpaired) electrons. The first kappa shape index (κ1) is 11.2. The van der Waals surface area contributed by atoms with Gasteiger partial charge in [-0.05, 0) is 12.0 Å². The number of benzene rings is 1. The molecule has 78 valence electrons. The monoisotopic (exact) mass is 193 g/mol. The topological polar surface area (TPSA) is 21.3 Å². The zero-order chi connectivity index (χ0) is 10.2. The predicted octanol–water partition coefficient (Wildman–Crippen LogP) is 3.07. The highest BCUT2D eigenvalue weighted by molar-refractivity contribution is 5.18. The van der Waals surface area contributed by atoms with Gasteiger partial charge in [0, 0.05) is 0 Å². The number of unbranched alkanes of at least 4 members (excludes halogenated alkanes) is 1. The van der Waals surface area contributed by atoms with Crippen LogP contribution in [-0.4, -0.2) is 7.11 Å². The molecule has 0 bridgehead atoms. The normalized spacial score (nSPS) is 12.7. The predicted molar refractivity (Wildman–Crippen MR) is 58.9 cm³/mol. The maximum Gasteiger partial charge on any atom is 0.0572 e. The van der Waals surface area contributed by atoms with E-state index in [1.54, 1.807) is 7.11 Å². The summed E-state index contributed by atoms with van der Waals surface area (Å²) in [5.41, 5.74) is 4.33. The van der Waals surface area contributed by atoms with Crippen LogP contribution in [0, 0.1) is 0 Å². The molecule has 0 saturated carbocycles. The Labute approximate surface area is 86.2 Å². The molecule has 0 aliphatic carbocycles.